The molecule has 0 saturated carbocycles. The monoisotopic (exact) mass is 308 g/mol. The van der Waals surface area contributed by atoms with Crippen molar-refractivity contribution in [1.82, 2.24) is 4.90 Å². The maximum Gasteiger partial charge on any atom is 0.336 e. The predicted octanol–water partition coefficient (Wildman–Crippen LogP) is 0.677. The van der Waals surface area contributed by atoms with Crippen LogP contribution in [-0.4, -0.2) is 33.7 Å². The summed E-state index contributed by atoms with van der Waals surface area (Å²) in [7, 11) is 0. The fourth-order valence-corrected chi connectivity index (χ4v) is 3.36. The van der Waals surface area contributed by atoms with Gasteiger partial charge in [0, 0.05) is 23.5 Å². The minimum Gasteiger partial charge on any atom is -0.478 e. The summed E-state index contributed by atoms with van der Waals surface area (Å²) in [6, 6.07) is 7.97. The Morgan fingerprint density at radius 1 is 1.35 bits per heavy atom. The highest BCUT2D eigenvalue weighted by molar-refractivity contribution is 5.93. The molecule has 2 N–H and O–H groups in total. The standard InChI is InChI=1S/C18H16N2O3/c1-10(21)14-9-20-7-6-12-11-4-2-3-5-15(11)19-17(12)16(20)8-13(14)18(22)23/h2-5,8-10,21H,6-7H2,1H3,(H,22,23). The highest BCUT2D eigenvalue weighted by Gasteiger charge is 2.31. The van der Waals surface area contributed by atoms with E-state index in [-0.39, 0.29) is 5.57 Å². The van der Waals surface area contributed by atoms with Gasteiger partial charge in [-0.3, -0.25) is 0 Å². The number of benzene rings is 1. The molecule has 3 aliphatic rings. The molecule has 1 aromatic rings. The lowest BCUT2D eigenvalue weighted by Crippen LogP contribution is -2.31. The number of carbonyl (C=O) groups is 1. The molecule has 1 unspecified atom stereocenters. The van der Waals surface area contributed by atoms with Crippen molar-refractivity contribution in [1.29, 1.82) is 0 Å². The summed E-state index contributed by atoms with van der Waals surface area (Å²) in [6.45, 7) is 2.33. The lowest BCUT2D eigenvalue weighted by molar-refractivity contribution is -0.132. The third-order valence-electron chi connectivity index (χ3n) is 4.47. The van der Waals surface area contributed by atoms with Crippen LogP contribution in [0.4, 0.5) is 0 Å². The second-order valence-electron chi connectivity index (χ2n) is 5.91. The molecule has 3 heterocycles. The number of aliphatic hydroxyl groups is 1. The van der Waals surface area contributed by atoms with E-state index in [1.807, 2.05) is 23.1 Å². The number of fused-ring (bicyclic) bond motifs is 3. The molecule has 5 nitrogen and oxygen atoms in total. The van der Waals surface area contributed by atoms with Crippen molar-refractivity contribution >= 4 is 11.5 Å². The number of carboxylic acid groups (broad SMARTS) is 1. The fourth-order valence-electron chi connectivity index (χ4n) is 3.36. The molecule has 1 atom stereocenters. The first-order valence-electron chi connectivity index (χ1n) is 7.59. The van der Waals surface area contributed by atoms with Gasteiger partial charge in [-0.25, -0.2) is 9.79 Å². The molecule has 0 aromatic heterocycles. The quantitative estimate of drug-likeness (QED) is 0.842. The summed E-state index contributed by atoms with van der Waals surface area (Å²) in [5.74, 6) is -1.03. The van der Waals surface area contributed by atoms with Crippen molar-refractivity contribution in [2.75, 3.05) is 6.54 Å². The lowest BCUT2D eigenvalue weighted by atomic mass is 9.93. The number of aliphatic hydroxyl groups excluding tert-OH is 1. The highest BCUT2D eigenvalue weighted by Crippen LogP contribution is 2.35. The van der Waals surface area contributed by atoms with Crippen molar-refractivity contribution in [3.8, 4) is 0 Å². The maximum atomic E-state index is 11.6. The number of allylic oxidation sites excluding steroid dienone is 2. The second-order valence-corrected chi connectivity index (χ2v) is 5.91. The molecule has 0 radical (unpaired) electrons. The molecule has 23 heavy (non-hydrogen) atoms. The zero-order valence-corrected chi connectivity index (χ0v) is 12.7. The van der Waals surface area contributed by atoms with Crippen LogP contribution in [0.1, 0.15) is 13.3 Å². The van der Waals surface area contributed by atoms with Gasteiger partial charge in [-0.15, -0.1) is 0 Å². The lowest BCUT2D eigenvalue weighted by Gasteiger charge is -2.33. The minimum atomic E-state index is -1.03. The van der Waals surface area contributed by atoms with Crippen LogP contribution >= 0.6 is 0 Å². The van der Waals surface area contributed by atoms with Gasteiger partial charge in [0.05, 0.1) is 28.4 Å². The summed E-state index contributed by atoms with van der Waals surface area (Å²) >= 11 is 0. The van der Waals surface area contributed by atoms with E-state index in [9.17, 15) is 15.0 Å². The Kier molecular flexibility index (Phi) is 2.99. The van der Waals surface area contributed by atoms with Crippen LogP contribution in [0.2, 0.25) is 0 Å². The summed E-state index contributed by atoms with van der Waals surface area (Å²) in [4.78, 5) is 18.2. The molecular formula is C18H16N2O3. The number of hydrogen-bond acceptors (Lipinski definition) is 4. The van der Waals surface area contributed by atoms with Crippen molar-refractivity contribution in [3.05, 3.63) is 69.7 Å². The highest BCUT2D eigenvalue weighted by atomic mass is 16.4. The molecule has 0 bridgehead atoms. The van der Waals surface area contributed by atoms with Gasteiger partial charge in [-0.2, -0.15) is 0 Å². The molecule has 0 saturated heterocycles. The van der Waals surface area contributed by atoms with Crippen LogP contribution in [0.25, 0.3) is 5.57 Å². The normalized spacial score (nSPS) is 20.1. The van der Waals surface area contributed by atoms with Gasteiger partial charge in [0.15, 0.2) is 0 Å². The van der Waals surface area contributed by atoms with E-state index in [1.165, 1.54) is 5.57 Å². The van der Waals surface area contributed by atoms with Gasteiger partial charge in [-0.05, 0) is 31.1 Å². The Bertz CT molecular complexity index is 935. The van der Waals surface area contributed by atoms with Crippen LogP contribution in [0.15, 0.2) is 64.1 Å². The second kappa shape index (κ2) is 4.93. The van der Waals surface area contributed by atoms with Crippen LogP contribution < -0.4 is 10.6 Å². The minimum absolute atomic E-state index is 0.131. The average molecular weight is 308 g/mol. The summed E-state index contributed by atoms with van der Waals surface area (Å²) in [5.41, 5.74) is 3.37. The molecule has 4 rings (SSSR count). The number of carboxylic acids is 1. The van der Waals surface area contributed by atoms with Gasteiger partial charge in [-0.1, -0.05) is 18.2 Å². The van der Waals surface area contributed by atoms with Gasteiger partial charge in [0.25, 0.3) is 0 Å². The molecule has 0 fully saturated rings. The van der Waals surface area contributed by atoms with Gasteiger partial charge < -0.3 is 15.1 Å². The van der Waals surface area contributed by atoms with Crippen molar-refractivity contribution in [2.24, 2.45) is 4.99 Å². The Morgan fingerprint density at radius 3 is 2.87 bits per heavy atom. The molecular weight excluding hydrogens is 292 g/mol. The van der Waals surface area contributed by atoms with E-state index < -0.39 is 12.1 Å². The summed E-state index contributed by atoms with van der Waals surface area (Å²) < 4.78 is 0. The number of aliphatic carboxylic acids is 1. The van der Waals surface area contributed by atoms with Crippen LogP contribution in [0.5, 0.6) is 0 Å². The molecule has 3 aliphatic heterocycles. The molecule has 0 amide bonds. The molecule has 116 valence electrons. The first-order valence-corrected chi connectivity index (χ1v) is 7.59. The number of rotatable bonds is 2. The smallest absolute Gasteiger partial charge is 0.336 e. The predicted molar refractivity (Wildman–Crippen MR) is 84.5 cm³/mol. The van der Waals surface area contributed by atoms with Crippen molar-refractivity contribution < 1.29 is 15.0 Å². The molecule has 5 heteroatoms. The van der Waals surface area contributed by atoms with Crippen LogP contribution in [-0.2, 0) is 4.79 Å². The SMILES string of the molecule is CC(O)C1=CN2CCC3=c4ccccc4=NC3=C2C=C1C(=O)O. The molecule has 0 spiro atoms. The van der Waals surface area contributed by atoms with E-state index >= 15 is 0 Å². The zero-order valence-electron chi connectivity index (χ0n) is 12.7. The van der Waals surface area contributed by atoms with E-state index in [0.29, 0.717) is 5.57 Å². The van der Waals surface area contributed by atoms with E-state index in [4.69, 9.17) is 4.99 Å². The summed E-state index contributed by atoms with van der Waals surface area (Å²) in [6.07, 6.45) is 3.39. The van der Waals surface area contributed by atoms with E-state index in [1.54, 1.807) is 19.2 Å². The summed E-state index contributed by atoms with van der Waals surface area (Å²) in [5, 5.41) is 21.4. The Labute approximate surface area is 132 Å². The Hall–Kier alpha value is -2.66. The van der Waals surface area contributed by atoms with E-state index in [0.717, 1.165) is 34.9 Å². The third-order valence-corrected chi connectivity index (χ3v) is 4.47. The average Bonchev–Trinajstić information content (AvgIpc) is 2.92. The maximum absolute atomic E-state index is 11.6. The van der Waals surface area contributed by atoms with E-state index in [2.05, 4.69) is 6.07 Å². The number of nitrogens with zero attached hydrogens (tertiary/aromatic N) is 2. The first kappa shape index (κ1) is 14.0. The zero-order chi connectivity index (χ0) is 16.1. The van der Waals surface area contributed by atoms with Gasteiger partial charge in [0.2, 0.25) is 0 Å². The van der Waals surface area contributed by atoms with Crippen molar-refractivity contribution in [3.63, 3.8) is 0 Å². The van der Waals surface area contributed by atoms with Gasteiger partial charge >= 0.3 is 5.97 Å². The number of para-hydroxylation sites is 1. The number of hydrogen-bond donors (Lipinski definition) is 2. The molecule has 0 aliphatic carbocycles. The Balaban J connectivity index is 1.96. The first-order chi connectivity index (χ1) is 11.1. The van der Waals surface area contributed by atoms with Crippen LogP contribution in [0, 0.1) is 0 Å². The van der Waals surface area contributed by atoms with Crippen LogP contribution in [0.3, 0.4) is 0 Å². The fraction of sp³-hybridized carbons (Fsp3) is 0.222. The third kappa shape index (κ3) is 2.04. The topological polar surface area (TPSA) is 73.1 Å². The Morgan fingerprint density at radius 2 is 2.13 bits per heavy atom. The largest absolute Gasteiger partial charge is 0.478 e. The molecule has 1 aromatic carbocycles. The van der Waals surface area contributed by atoms with Gasteiger partial charge in [0.1, 0.15) is 0 Å². The van der Waals surface area contributed by atoms with Crippen molar-refractivity contribution in [2.45, 2.75) is 19.4 Å².